The molecule has 0 fully saturated rings. The largest absolute Gasteiger partial charge is 0.454 e. The molecule has 122 valence electrons. The predicted molar refractivity (Wildman–Crippen MR) is 90.2 cm³/mol. The number of nitrogens with one attached hydrogen (secondary N) is 1. The quantitative estimate of drug-likeness (QED) is 0.859. The maximum absolute atomic E-state index is 12.5. The Hall–Kier alpha value is -1.57. The third kappa shape index (κ3) is 3.36. The number of halogens is 1. The Labute approximate surface area is 143 Å². The van der Waals surface area contributed by atoms with Crippen LogP contribution in [0.4, 0.5) is 0 Å². The Bertz CT molecular complexity index is 865. The number of hydrogen-bond donors (Lipinski definition) is 1. The van der Waals surface area contributed by atoms with E-state index in [1.165, 1.54) is 0 Å². The number of sulfonamides is 1. The fraction of sp³-hybridized carbons (Fsp3) is 0.250. The lowest BCUT2D eigenvalue weighted by molar-refractivity contribution is 0.174. The molecule has 7 heteroatoms. The van der Waals surface area contributed by atoms with Crippen molar-refractivity contribution >= 4 is 26.0 Å². The average Bonchev–Trinajstić information content (AvgIpc) is 2.96. The molecule has 1 aliphatic heterocycles. The summed E-state index contributed by atoms with van der Waals surface area (Å²) in [7, 11) is -3.59. The fourth-order valence-corrected chi connectivity index (χ4v) is 4.17. The van der Waals surface area contributed by atoms with Gasteiger partial charge in [-0.3, -0.25) is 0 Å². The molecule has 1 aliphatic rings. The van der Waals surface area contributed by atoms with Gasteiger partial charge in [-0.05, 0) is 48.7 Å². The first-order valence-corrected chi connectivity index (χ1v) is 9.29. The molecule has 0 saturated carbocycles. The van der Waals surface area contributed by atoms with E-state index in [9.17, 15) is 8.42 Å². The van der Waals surface area contributed by atoms with Crippen molar-refractivity contribution in [2.24, 2.45) is 0 Å². The second-order valence-electron chi connectivity index (χ2n) is 5.38. The molecule has 0 unspecified atom stereocenters. The smallest absolute Gasteiger partial charge is 0.241 e. The van der Waals surface area contributed by atoms with Gasteiger partial charge in [-0.15, -0.1) is 0 Å². The van der Waals surface area contributed by atoms with E-state index < -0.39 is 10.0 Å². The SMILES string of the molecule is Cc1cc(C)c(S(=O)(=O)NCc2ccc3c(c2)OCO3)cc1Br. The summed E-state index contributed by atoms with van der Waals surface area (Å²) in [5, 5.41) is 0. The molecule has 2 aromatic carbocycles. The highest BCUT2D eigenvalue weighted by molar-refractivity contribution is 9.10. The lowest BCUT2D eigenvalue weighted by Gasteiger charge is -2.11. The number of aryl methyl sites for hydroxylation is 2. The number of benzene rings is 2. The molecular formula is C16H16BrNO4S. The van der Waals surface area contributed by atoms with Gasteiger partial charge in [0.15, 0.2) is 11.5 Å². The van der Waals surface area contributed by atoms with E-state index in [1.54, 1.807) is 25.1 Å². The summed E-state index contributed by atoms with van der Waals surface area (Å²) in [6.45, 7) is 4.09. The first-order valence-electron chi connectivity index (χ1n) is 7.02. The Balaban J connectivity index is 1.81. The highest BCUT2D eigenvalue weighted by Crippen LogP contribution is 2.32. The monoisotopic (exact) mass is 397 g/mol. The van der Waals surface area contributed by atoms with Crippen LogP contribution >= 0.6 is 15.9 Å². The van der Waals surface area contributed by atoms with E-state index in [0.717, 1.165) is 15.6 Å². The molecule has 0 amide bonds. The van der Waals surface area contributed by atoms with Crippen LogP contribution in [0.1, 0.15) is 16.7 Å². The van der Waals surface area contributed by atoms with E-state index in [2.05, 4.69) is 20.7 Å². The first-order chi connectivity index (χ1) is 10.9. The van der Waals surface area contributed by atoms with Gasteiger partial charge < -0.3 is 9.47 Å². The number of rotatable bonds is 4. The molecule has 0 bridgehead atoms. The zero-order chi connectivity index (χ0) is 16.6. The zero-order valence-corrected chi connectivity index (χ0v) is 15.1. The van der Waals surface area contributed by atoms with Crippen LogP contribution in [0, 0.1) is 13.8 Å². The summed E-state index contributed by atoms with van der Waals surface area (Å²) in [6.07, 6.45) is 0. The molecule has 23 heavy (non-hydrogen) atoms. The topological polar surface area (TPSA) is 64.6 Å². The second-order valence-corrected chi connectivity index (χ2v) is 7.97. The molecule has 0 radical (unpaired) electrons. The molecule has 0 aromatic heterocycles. The highest BCUT2D eigenvalue weighted by Gasteiger charge is 2.19. The third-order valence-electron chi connectivity index (χ3n) is 3.65. The number of fused-ring (bicyclic) bond motifs is 1. The van der Waals surface area contributed by atoms with Gasteiger partial charge >= 0.3 is 0 Å². The summed E-state index contributed by atoms with van der Waals surface area (Å²) in [5.74, 6) is 1.31. The van der Waals surface area contributed by atoms with Crippen LogP contribution in [-0.4, -0.2) is 15.2 Å². The molecule has 1 N–H and O–H groups in total. The normalized spacial score (nSPS) is 13.3. The minimum absolute atomic E-state index is 0.184. The van der Waals surface area contributed by atoms with Gasteiger partial charge in [-0.2, -0.15) is 0 Å². The number of ether oxygens (including phenoxy) is 2. The van der Waals surface area contributed by atoms with Crippen LogP contribution in [-0.2, 0) is 16.6 Å². The van der Waals surface area contributed by atoms with Crippen LogP contribution in [0.25, 0.3) is 0 Å². The van der Waals surface area contributed by atoms with Gasteiger partial charge in [0.1, 0.15) is 0 Å². The summed E-state index contributed by atoms with van der Waals surface area (Å²) in [5.41, 5.74) is 2.52. The first kappa shape index (κ1) is 16.3. The van der Waals surface area contributed by atoms with Crippen LogP contribution < -0.4 is 14.2 Å². The molecule has 0 spiro atoms. The molecule has 3 rings (SSSR count). The van der Waals surface area contributed by atoms with Crippen LogP contribution in [0.5, 0.6) is 11.5 Å². The Kier molecular flexibility index (Phi) is 4.35. The summed E-state index contributed by atoms with van der Waals surface area (Å²) >= 11 is 3.38. The fourth-order valence-electron chi connectivity index (χ4n) is 2.40. The number of hydrogen-bond acceptors (Lipinski definition) is 4. The van der Waals surface area contributed by atoms with Gasteiger partial charge in [-0.1, -0.05) is 28.1 Å². The molecule has 0 saturated heterocycles. The van der Waals surface area contributed by atoms with Crippen molar-refractivity contribution in [1.29, 1.82) is 0 Å². The van der Waals surface area contributed by atoms with Gasteiger partial charge in [-0.25, -0.2) is 13.1 Å². The van der Waals surface area contributed by atoms with E-state index in [1.807, 2.05) is 19.1 Å². The summed E-state index contributed by atoms with van der Waals surface area (Å²) < 4.78 is 39.0. The molecule has 1 heterocycles. The maximum Gasteiger partial charge on any atom is 0.241 e. The predicted octanol–water partition coefficient (Wildman–Crippen LogP) is 3.27. The van der Waals surface area contributed by atoms with Gasteiger partial charge in [0, 0.05) is 11.0 Å². The van der Waals surface area contributed by atoms with Crippen LogP contribution in [0.15, 0.2) is 39.7 Å². The van der Waals surface area contributed by atoms with Gasteiger partial charge in [0.05, 0.1) is 4.90 Å². The maximum atomic E-state index is 12.5. The van der Waals surface area contributed by atoms with Gasteiger partial charge in [0.25, 0.3) is 0 Å². The van der Waals surface area contributed by atoms with Crippen molar-refractivity contribution in [3.63, 3.8) is 0 Å². The Morgan fingerprint density at radius 3 is 2.61 bits per heavy atom. The lowest BCUT2D eigenvalue weighted by Crippen LogP contribution is -2.24. The van der Waals surface area contributed by atoms with E-state index in [-0.39, 0.29) is 18.2 Å². The minimum Gasteiger partial charge on any atom is -0.454 e. The van der Waals surface area contributed by atoms with Crippen LogP contribution in [0.3, 0.4) is 0 Å². The average molecular weight is 398 g/mol. The van der Waals surface area contributed by atoms with E-state index in [4.69, 9.17) is 9.47 Å². The standard InChI is InChI=1S/C16H16BrNO4S/c1-10-5-11(2)16(7-13(10)17)23(19,20)18-8-12-3-4-14-15(6-12)22-9-21-14/h3-7,18H,8-9H2,1-2H3. The Morgan fingerprint density at radius 1 is 1.09 bits per heavy atom. The molecule has 5 nitrogen and oxygen atoms in total. The van der Waals surface area contributed by atoms with Crippen molar-refractivity contribution in [3.8, 4) is 11.5 Å². The lowest BCUT2D eigenvalue weighted by atomic mass is 10.2. The van der Waals surface area contributed by atoms with Crippen molar-refractivity contribution in [3.05, 3.63) is 51.5 Å². The van der Waals surface area contributed by atoms with Crippen molar-refractivity contribution < 1.29 is 17.9 Å². The van der Waals surface area contributed by atoms with E-state index >= 15 is 0 Å². The highest BCUT2D eigenvalue weighted by atomic mass is 79.9. The van der Waals surface area contributed by atoms with Gasteiger partial charge in [0.2, 0.25) is 16.8 Å². The second kappa shape index (κ2) is 6.14. The molecule has 0 atom stereocenters. The van der Waals surface area contributed by atoms with Crippen molar-refractivity contribution in [2.45, 2.75) is 25.3 Å². The Morgan fingerprint density at radius 2 is 1.83 bits per heavy atom. The van der Waals surface area contributed by atoms with E-state index in [0.29, 0.717) is 17.1 Å². The summed E-state index contributed by atoms with van der Waals surface area (Å²) in [6, 6.07) is 8.85. The molecular weight excluding hydrogens is 382 g/mol. The van der Waals surface area contributed by atoms with Crippen LogP contribution in [0.2, 0.25) is 0 Å². The van der Waals surface area contributed by atoms with Crippen molar-refractivity contribution in [2.75, 3.05) is 6.79 Å². The van der Waals surface area contributed by atoms with Crippen molar-refractivity contribution in [1.82, 2.24) is 4.72 Å². The molecule has 0 aliphatic carbocycles. The zero-order valence-electron chi connectivity index (χ0n) is 12.7. The summed E-state index contributed by atoms with van der Waals surface area (Å²) in [4.78, 5) is 0.274. The third-order valence-corrected chi connectivity index (χ3v) is 6.05. The molecule has 2 aromatic rings. The minimum atomic E-state index is -3.59.